The second kappa shape index (κ2) is 9.83. The Labute approximate surface area is 165 Å². The Kier molecular flexibility index (Phi) is 7.78. The predicted octanol–water partition coefficient (Wildman–Crippen LogP) is 3.92. The summed E-state index contributed by atoms with van der Waals surface area (Å²) >= 11 is 5.82. The summed E-state index contributed by atoms with van der Waals surface area (Å²) in [5.74, 6) is 0.826. The lowest BCUT2D eigenvalue weighted by molar-refractivity contribution is -0.124. The number of hydrogen-bond donors (Lipinski definition) is 2. The molecule has 2 amide bonds. The highest BCUT2D eigenvalue weighted by Crippen LogP contribution is 2.24. The zero-order valence-electron chi connectivity index (χ0n) is 16.2. The smallest absolute Gasteiger partial charge is 0.407 e. The molecule has 1 aliphatic carbocycles. The molecule has 0 atom stereocenters. The van der Waals surface area contributed by atoms with Gasteiger partial charge >= 0.3 is 6.09 Å². The lowest BCUT2D eigenvalue weighted by atomic mass is 9.86. The van der Waals surface area contributed by atoms with Gasteiger partial charge in [-0.05, 0) is 76.6 Å². The first kappa shape index (κ1) is 21.4. The molecular formula is C20H29ClN2O4. The second-order valence-corrected chi connectivity index (χ2v) is 8.44. The molecule has 0 spiro atoms. The Morgan fingerprint density at radius 2 is 1.74 bits per heavy atom. The van der Waals surface area contributed by atoms with Gasteiger partial charge in [-0.15, -0.1) is 0 Å². The van der Waals surface area contributed by atoms with Gasteiger partial charge < -0.3 is 20.1 Å². The van der Waals surface area contributed by atoms with E-state index in [-0.39, 0.29) is 30.2 Å². The molecule has 6 nitrogen and oxygen atoms in total. The molecule has 0 unspecified atom stereocenters. The highest BCUT2D eigenvalue weighted by atomic mass is 35.5. The van der Waals surface area contributed by atoms with Crippen molar-refractivity contribution in [3.63, 3.8) is 0 Å². The number of carbonyl (C=O) groups is 2. The van der Waals surface area contributed by atoms with E-state index in [1.165, 1.54) is 0 Å². The number of benzene rings is 1. The Balaban J connectivity index is 1.61. The maximum Gasteiger partial charge on any atom is 0.407 e. The van der Waals surface area contributed by atoms with Gasteiger partial charge in [0, 0.05) is 16.6 Å². The number of amides is 2. The van der Waals surface area contributed by atoms with Gasteiger partial charge in [0.25, 0.3) is 5.91 Å². The van der Waals surface area contributed by atoms with Gasteiger partial charge in [-0.2, -0.15) is 0 Å². The Hall–Kier alpha value is -1.95. The molecule has 2 N–H and O–H groups in total. The highest BCUT2D eigenvalue weighted by Gasteiger charge is 2.24. The molecule has 1 aliphatic rings. The molecule has 1 aromatic carbocycles. The molecule has 2 rings (SSSR count). The molecule has 0 bridgehead atoms. The van der Waals surface area contributed by atoms with Crippen LogP contribution >= 0.6 is 11.6 Å². The first-order valence-electron chi connectivity index (χ1n) is 9.34. The summed E-state index contributed by atoms with van der Waals surface area (Å²) in [5, 5.41) is 6.42. The summed E-state index contributed by atoms with van der Waals surface area (Å²) in [4.78, 5) is 23.7. The summed E-state index contributed by atoms with van der Waals surface area (Å²) in [5.41, 5.74) is -0.299. The van der Waals surface area contributed by atoms with Crippen LogP contribution in [0.4, 0.5) is 4.79 Å². The molecular weight excluding hydrogens is 368 g/mol. The third kappa shape index (κ3) is 8.52. The number of halogens is 1. The van der Waals surface area contributed by atoms with Gasteiger partial charge in [-0.1, -0.05) is 11.6 Å². The third-order valence-corrected chi connectivity index (χ3v) is 4.57. The third-order valence-electron chi connectivity index (χ3n) is 4.32. The molecule has 0 radical (unpaired) electrons. The normalized spacial score (nSPS) is 19.9. The summed E-state index contributed by atoms with van der Waals surface area (Å²) in [7, 11) is 0. The van der Waals surface area contributed by atoms with Gasteiger partial charge in [-0.25, -0.2) is 4.79 Å². The summed E-state index contributed by atoms with van der Waals surface area (Å²) in [6.07, 6.45) is 3.22. The monoisotopic (exact) mass is 396 g/mol. The highest BCUT2D eigenvalue weighted by molar-refractivity contribution is 6.30. The molecule has 1 fully saturated rings. The van der Waals surface area contributed by atoms with Crippen molar-refractivity contribution in [1.82, 2.24) is 10.6 Å². The molecule has 27 heavy (non-hydrogen) atoms. The molecule has 0 aromatic heterocycles. The SMILES string of the molecule is CC(C)(C)NC(=O)OCC1CCC(NC(=O)COc2ccc(Cl)cc2)CC1. The Morgan fingerprint density at radius 3 is 2.33 bits per heavy atom. The van der Waals surface area contributed by atoms with Gasteiger partial charge in [0.05, 0.1) is 6.61 Å². The van der Waals surface area contributed by atoms with Crippen LogP contribution in [0, 0.1) is 5.92 Å². The van der Waals surface area contributed by atoms with E-state index in [0.29, 0.717) is 23.3 Å². The van der Waals surface area contributed by atoms with Crippen LogP contribution < -0.4 is 15.4 Å². The van der Waals surface area contributed by atoms with E-state index in [1.54, 1.807) is 24.3 Å². The average molecular weight is 397 g/mol. The van der Waals surface area contributed by atoms with E-state index in [0.717, 1.165) is 25.7 Å². The van der Waals surface area contributed by atoms with Gasteiger partial charge in [-0.3, -0.25) is 4.79 Å². The number of ether oxygens (including phenoxy) is 2. The van der Waals surface area contributed by atoms with Crippen LogP contribution in [0.25, 0.3) is 0 Å². The van der Waals surface area contributed by atoms with Crippen LogP contribution in [0.15, 0.2) is 24.3 Å². The summed E-state index contributed by atoms with van der Waals surface area (Å²) < 4.78 is 10.8. The molecule has 0 heterocycles. The minimum absolute atomic E-state index is 0.0162. The maximum atomic E-state index is 12.0. The maximum absolute atomic E-state index is 12.0. The van der Waals surface area contributed by atoms with Crippen molar-refractivity contribution in [3.8, 4) is 5.75 Å². The van der Waals surface area contributed by atoms with Crippen LogP contribution in [-0.2, 0) is 9.53 Å². The lowest BCUT2D eigenvalue weighted by Gasteiger charge is -2.29. The molecule has 1 aromatic rings. The molecule has 150 valence electrons. The summed E-state index contributed by atoms with van der Waals surface area (Å²) in [6, 6.07) is 7.05. The Bertz CT molecular complexity index is 620. The van der Waals surface area contributed by atoms with Crippen molar-refractivity contribution in [2.45, 2.75) is 58.0 Å². The van der Waals surface area contributed by atoms with Crippen molar-refractivity contribution in [1.29, 1.82) is 0 Å². The van der Waals surface area contributed by atoms with E-state index >= 15 is 0 Å². The second-order valence-electron chi connectivity index (χ2n) is 8.00. The predicted molar refractivity (Wildman–Crippen MR) is 105 cm³/mol. The van der Waals surface area contributed by atoms with E-state index in [9.17, 15) is 9.59 Å². The topological polar surface area (TPSA) is 76.7 Å². The van der Waals surface area contributed by atoms with Crippen LogP contribution in [0.1, 0.15) is 46.5 Å². The number of nitrogens with one attached hydrogen (secondary N) is 2. The zero-order valence-corrected chi connectivity index (χ0v) is 17.0. The zero-order chi connectivity index (χ0) is 19.9. The average Bonchev–Trinajstić information content (AvgIpc) is 2.59. The van der Waals surface area contributed by atoms with Gasteiger partial charge in [0.2, 0.25) is 0 Å². The number of hydrogen-bond acceptors (Lipinski definition) is 4. The molecule has 0 aliphatic heterocycles. The van der Waals surface area contributed by atoms with E-state index in [2.05, 4.69) is 10.6 Å². The fraction of sp³-hybridized carbons (Fsp3) is 0.600. The summed E-state index contributed by atoms with van der Waals surface area (Å²) in [6.45, 7) is 6.15. The molecule has 0 saturated heterocycles. The van der Waals surface area contributed by atoms with Gasteiger partial charge in [0.1, 0.15) is 5.75 Å². The van der Waals surface area contributed by atoms with E-state index in [4.69, 9.17) is 21.1 Å². The van der Waals surface area contributed by atoms with Crippen LogP contribution in [0.2, 0.25) is 5.02 Å². The van der Waals surface area contributed by atoms with Crippen molar-refractivity contribution >= 4 is 23.6 Å². The largest absolute Gasteiger partial charge is 0.484 e. The van der Waals surface area contributed by atoms with E-state index < -0.39 is 0 Å². The fourth-order valence-corrected chi connectivity index (χ4v) is 3.08. The molecule has 1 saturated carbocycles. The van der Waals surface area contributed by atoms with Crippen molar-refractivity contribution < 1.29 is 19.1 Å². The minimum atomic E-state index is -0.378. The first-order valence-corrected chi connectivity index (χ1v) is 9.72. The fourth-order valence-electron chi connectivity index (χ4n) is 2.96. The number of rotatable bonds is 6. The van der Waals surface area contributed by atoms with Crippen LogP contribution in [-0.4, -0.2) is 36.8 Å². The van der Waals surface area contributed by atoms with Crippen molar-refractivity contribution in [3.05, 3.63) is 29.3 Å². The minimum Gasteiger partial charge on any atom is -0.484 e. The van der Waals surface area contributed by atoms with Crippen LogP contribution in [0.3, 0.4) is 0 Å². The number of alkyl carbamates (subject to hydrolysis) is 1. The van der Waals surface area contributed by atoms with Crippen molar-refractivity contribution in [2.75, 3.05) is 13.2 Å². The first-order chi connectivity index (χ1) is 12.7. The standard InChI is InChI=1S/C20H29ClN2O4/c1-20(2,3)23-19(25)27-12-14-4-8-16(9-5-14)22-18(24)13-26-17-10-6-15(21)7-11-17/h6-7,10-11,14,16H,4-5,8-9,12-13H2,1-3H3,(H,22,24)(H,23,25). The quantitative estimate of drug-likeness (QED) is 0.764. The Morgan fingerprint density at radius 1 is 1.11 bits per heavy atom. The lowest BCUT2D eigenvalue weighted by Crippen LogP contribution is -2.42. The van der Waals surface area contributed by atoms with E-state index in [1.807, 2.05) is 20.8 Å². The van der Waals surface area contributed by atoms with Crippen molar-refractivity contribution in [2.24, 2.45) is 5.92 Å². The van der Waals surface area contributed by atoms with Crippen LogP contribution in [0.5, 0.6) is 5.75 Å². The molecule has 7 heteroatoms. The van der Waals surface area contributed by atoms with Gasteiger partial charge in [0.15, 0.2) is 6.61 Å². The number of carbonyl (C=O) groups excluding carboxylic acids is 2.